The molecule has 2 spiro atoms. The van der Waals surface area contributed by atoms with Crippen LogP contribution in [0.5, 0.6) is 0 Å². The van der Waals surface area contributed by atoms with E-state index in [2.05, 4.69) is 49.7 Å². The van der Waals surface area contributed by atoms with Gasteiger partial charge in [0.15, 0.2) is 0 Å². The Morgan fingerprint density at radius 1 is 1.00 bits per heavy atom. The normalized spacial score (nSPS) is 43.0. The number of carbonyl (C=O) groups excluding carboxylic acids is 1. The molecule has 12 atom stereocenters. The topological polar surface area (TPSA) is 113 Å². The lowest BCUT2D eigenvalue weighted by Gasteiger charge is -2.63. The van der Waals surface area contributed by atoms with E-state index in [1.54, 1.807) is 7.11 Å². The lowest BCUT2D eigenvalue weighted by Crippen LogP contribution is -2.60. The predicted octanol–water partition coefficient (Wildman–Crippen LogP) is 5.72. The van der Waals surface area contributed by atoms with Gasteiger partial charge < -0.3 is 34.5 Å². The first-order chi connectivity index (χ1) is 25.0. The molecule has 1 amide bonds. The summed E-state index contributed by atoms with van der Waals surface area (Å²) in [5.41, 5.74) is -0.657. The summed E-state index contributed by atoms with van der Waals surface area (Å²) >= 11 is 0. The first-order valence-corrected chi connectivity index (χ1v) is 21.5. The predicted molar refractivity (Wildman–Crippen MR) is 205 cm³/mol. The molecule has 0 aromatic heterocycles. The number of ether oxygens (including phenoxy) is 4. The highest BCUT2D eigenvalue weighted by Gasteiger charge is 2.83. The SMILES string of the molecule is CCO[C@@H](C(C[C@@H](C)[C@H]1C[C@H](O)[C@@]2(C)C3CC[C@H]4C(C)(C)[C@@H](OC(=O)NCCN5CCN(C6COC6)CC5)CC[C@@]45C[C@@]35CC[C@]12C)OC)C(C)(C)O. The van der Waals surface area contributed by atoms with Gasteiger partial charge in [-0.2, -0.15) is 0 Å². The van der Waals surface area contributed by atoms with Crippen LogP contribution in [0, 0.1) is 50.7 Å². The molecule has 0 aromatic carbocycles. The summed E-state index contributed by atoms with van der Waals surface area (Å²) in [6, 6.07) is 0.599. The highest BCUT2D eigenvalue weighted by molar-refractivity contribution is 5.67. The molecule has 0 aromatic rings. The van der Waals surface area contributed by atoms with Crippen LogP contribution < -0.4 is 5.32 Å². The van der Waals surface area contributed by atoms with Gasteiger partial charge in [0.25, 0.3) is 0 Å². The van der Waals surface area contributed by atoms with E-state index in [1.807, 2.05) is 20.8 Å². The fraction of sp³-hybridized carbons (Fsp3) is 0.977. The van der Waals surface area contributed by atoms with Gasteiger partial charge in [0.1, 0.15) is 12.2 Å². The molecule has 2 aliphatic heterocycles. The molecule has 10 heteroatoms. The molecule has 3 N–H and O–H groups in total. The number of alkyl carbamates (subject to hydrolysis) is 1. The van der Waals surface area contributed by atoms with Gasteiger partial charge in [-0.1, -0.05) is 34.6 Å². The number of aliphatic hydroxyl groups is 2. The number of nitrogens with zero attached hydrogens (tertiary/aromatic N) is 2. The number of amides is 1. The maximum absolute atomic E-state index is 13.2. The van der Waals surface area contributed by atoms with E-state index in [1.165, 1.54) is 12.8 Å². The average Bonchev–Trinajstić information content (AvgIpc) is 3.70. The van der Waals surface area contributed by atoms with Crippen LogP contribution >= 0.6 is 0 Å². The zero-order valence-electron chi connectivity index (χ0n) is 34.8. The number of carbonyl (C=O) groups is 1. The lowest BCUT2D eigenvalue weighted by molar-refractivity contribution is -0.183. The zero-order valence-corrected chi connectivity index (χ0v) is 34.8. The van der Waals surface area contributed by atoms with Crippen molar-refractivity contribution in [2.45, 2.75) is 149 Å². The molecule has 7 aliphatic rings. The number of aliphatic hydroxyl groups excluding tert-OH is 1. The smallest absolute Gasteiger partial charge is 0.407 e. The summed E-state index contributed by atoms with van der Waals surface area (Å²) in [5, 5.41) is 26.3. The fourth-order valence-corrected chi connectivity index (χ4v) is 14.6. The molecule has 2 unspecified atom stereocenters. The number of hydrogen-bond acceptors (Lipinski definition) is 9. The van der Waals surface area contributed by atoms with Crippen LogP contribution in [-0.2, 0) is 18.9 Å². The minimum Gasteiger partial charge on any atom is -0.446 e. The minimum absolute atomic E-state index is 0.0273. The quantitative estimate of drug-likeness (QED) is 0.218. The third kappa shape index (κ3) is 6.43. The molecular formula is C43H75N3O7. The van der Waals surface area contributed by atoms with E-state index < -0.39 is 11.7 Å². The first-order valence-electron chi connectivity index (χ1n) is 21.5. The van der Waals surface area contributed by atoms with Crippen molar-refractivity contribution in [1.29, 1.82) is 0 Å². The summed E-state index contributed by atoms with van der Waals surface area (Å²) in [6.45, 7) is 25.6. The third-order valence-electron chi connectivity index (χ3n) is 17.7. The monoisotopic (exact) mass is 746 g/mol. The van der Waals surface area contributed by atoms with Gasteiger partial charge >= 0.3 is 6.09 Å². The summed E-state index contributed by atoms with van der Waals surface area (Å²) in [7, 11) is 1.74. The Bertz CT molecular complexity index is 1310. The summed E-state index contributed by atoms with van der Waals surface area (Å²) in [4.78, 5) is 18.2. The van der Waals surface area contributed by atoms with Crippen molar-refractivity contribution >= 4 is 6.09 Å². The number of fused-ring (bicyclic) bond motifs is 2. The van der Waals surface area contributed by atoms with Crippen molar-refractivity contribution in [2.24, 2.45) is 50.7 Å². The Balaban J connectivity index is 0.974. The van der Waals surface area contributed by atoms with Crippen LogP contribution in [0.1, 0.15) is 113 Å². The molecule has 10 nitrogen and oxygen atoms in total. The number of nitrogens with one attached hydrogen (secondary N) is 1. The molecule has 0 radical (unpaired) electrons. The molecule has 5 aliphatic carbocycles. The third-order valence-corrected chi connectivity index (χ3v) is 17.7. The average molecular weight is 746 g/mol. The van der Waals surface area contributed by atoms with Crippen LogP contribution in [0.3, 0.4) is 0 Å². The summed E-state index contributed by atoms with van der Waals surface area (Å²) in [6.07, 6.45) is 8.33. The number of rotatable bonds is 13. The van der Waals surface area contributed by atoms with E-state index in [9.17, 15) is 15.0 Å². The van der Waals surface area contributed by atoms with Crippen LogP contribution in [0.4, 0.5) is 4.79 Å². The Labute approximate surface area is 320 Å². The van der Waals surface area contributed by atoms with E-state index in [-0.39, 0.29) is 51.5 Å². The van der Waals surface area contributed by atoms with Gasteiger partial charge in [-0.3, -0.25) is 9.80 Å². The Morgan fingerprint density at radius 2 is 1.68 bits per heavy atom. The highest BCUT2D eigenvalue weighted by Crippen LogP contribution is 2.89. The van der Waals surface area contributed by atoms with Crippen molar-refractivity contribution < 1.29 is 34.0 Å². The van der Waals surface area contributed by atoms with Crippen LogP contribution in [0.25, 0.3) is 0 Å². The first kappa shape index (κ1) is 40.2. The Kier molecular flexibility index (Phi) is 10.9. The van der Waals surface area contributed by atoms with Gasteiger partial charge in [-0.05, 0) is 118 Å². The van der Waals surface area contributed by atoms with E-state index >= 15 is 0 Å². The van der Waals surface area contributed by atoms with E-state index in [4.69, 9.17) is 18.9 Å². The van der Waals surface area contributed by atoms with Crippen molar-refractivity contribution in [2.75, 3.05) is 66.2 Å². The van der Waals surface area contributed by atoms with Gasteiger partial charge in [0.05, 0.1) is 37.1 Å². The fourth-order valence-electron chi connectivity index (χ4n) is 14.6. The molecule has 2 saturated heterocycles. The maximum Gasteiger partial charge on any atom is 0.407 e. The standard InChI is InChI=1S/C43H75N3O7/c1-10-52-36(39(5,6)49)31(50-9)23-28(2)30-24-34(47)41(8)33-12-11-32-38(3,4)35(13-14-42(32)27-43(33,42)16-15-40(30,41)7)53-37(48)44-17-18-45-19-21-46(22-20-45)29-25-51-26-29/h28-36,47,49H,10-27H2,1-9H3,(H,44,48)/t28-,30-,31?,32+,33?,34+,35+,36+,40-,41-,42-,43+/m1/s1. The molecule has 7 rings (SSSR count). The molecule has 5 saturated carbocycles. The van der Waals surface area contributed by atoms with Crippen molar-refractivity contribution in [3.63, 3.8) is 0 Å². The minimum atomic E-state index is -1.01. The number of piperazine rings is 1. The second-order valence-electron chi connectivity index (χ2n) is 20.5. The molecule has 7 fully saturated rings. The number of hydrogen-bond donors (Lipinski definition) is 3. The van der Waals surface area contributed by atoms with Gasteiger partial charge in [0.2, 0.25) is 0 Å². The van der Waals surface area contributed by atoms with Crippen LogP contribution in [0.2, 0.25) is 0 Å². The van der Waals surface area contributed by atoms with Crippen molar-refractivity contribution in [1.82, 2.24) is 15.1 Å². The summed E-state index contributed by atoms with van der Waals surface area (Å²) < 4.78 is 23.8. The van der Waals surface area contributed by atoms with Gasteiger partial charge in [0, 0.05) is 63.8 Å². The van der Waals surface area contributed by atoms with E-state index in [0.29, 0.717) is 42.9 Å². The summed E-state index contributed by atoms with van der Waals surface area (Å²) in [5.74, 6) is 1.72. The molecule has 0 bridgehead atoms. The molecular weight excluding hydrogens is 670 g/mol. The second kappa shape index (κ2) is 14.4. The maximum atomic E-state index is 13.2. The second-order valence-corrected chi connectivity index (χ2v) is 20.5. The lowest BCUT2D eigenvalue weighted by atomic mass is 9.41. The van der Waals surface area contributed by atoms with Gasteiger partial charge in [-0.25, -0.2) is 4.79 Å². The molecule has 304 valence electrons. The molecule has 53 heavy (non-hydrogen) atoms. The van der Waals surface area contributed by atoms with Crippen molar-refractivity contribution in [3.8, 4) is 0 Å². The van der Waals surface area contributed by atoms with Crippen LogP contribution in [-0.4, -0.2) is 128 Å². The van der Waals surface area contributed by atoms with E-state index in [0.717, 1.165) is 90.9 Å². The van der Waals surface area contributed by atoms with Crippen LogP contribution in [0.15, 0.2) is 0 Å². The Morgan fingerprint density at radius 3 is 2.30 bits per heavy atom. The largest absolute Gasteiger partial charge is 0.446 e. The zero-order chi connectivity index (χ0) is 38.2. The van der Waals surface area contributed by atoms with Crippen molar-refractivity contribution in [3.05, 3.63) is 0 Å². The Hall–Kier alpha value is -1.01. The number of methoxy groups -OCH3 is 1. The highest BCUT2D eigenvalue weighted by atomic mass is 16.6. The van der Waals surface area contributed by atoms with Gasteiger partial charge in [-0.15, -0.1) is 0 Å². The molecule has 2 heterocycles.